The van der Waals surface area contributed by atoms with Crippen LogP contribution in [0.1, 0.15) is 30.0 Å². The Hall–Kier alpha value is -3.21. The lowest BCUT2D eigenvalue weighted by Gasteiger charge is -2.10. The quantitative estimate of drug-likeness (QED) is 0.211. The van der Waals surface area contributed by atoms with Crippen molar-refractivity contribution in [3.8, 4) is 11.1 Å². The predicted octanol–water partition coefficient (Wildman–Crippen LogP) is 7.94. The summed E-state index contributed by atoms with van der Waals surface area (Å²) >= 11 is 0. The maximum absolute atomic E-state index is 14.8. The van der Waals surface area contributed by atoms with Gasteiger partial charge in [-0.05, 0) is 53.0 Å². The summed E-state index contributed by atoms with van der Waals surface area (Å²) in [6.45, 7) is 2.08. The first kappa shape index (κ1) is 22.0. The van der Waals surface area contributed by atoms with Gasteiger partial charge in [-0.1, -0.05) is 67.9 Å². The lowest BCUT2D eigenvalue weighted by molar-refractivity contribution is 0.453. The van der Waals surface area contributed by atoms with E-state index < -0.39 is 29.1 Å². The van der Waals surface area contributed by atoms with Gasteiger partial charge in [0.1, 0.15) is 0 Å². The van der Waals surface area contributed by atoms with E-state index in [4.69, 9.17) is 0 Å². The van der Waals surface area contributed by atoms with Crippen molar-refractivity contribution in [2.45, 2.75) is 32.6 Å². The van der Waals surface area contributed by atoms with Gasteiger partial charge in [0.2, 0.25) is 0 Å². The van der Waals surface area contributed by atoms with Crippen LogP contribution in [0.25, 0.3) is 21.9 Å². The van der Waals surface area contributed by atoms with Gasteiger partial charge in [0.15, 0.2) is 29.1 Å². The van der Waals surface area contributed by atoms with Gasteiger partial charge < -0.3 is 0 Å². The van der Waals surface area contributed by atoms with E-state index in [0.717, 1.165) is 24.5 Å². The molecule has 0 N–H and O–H groups in total. The van der Waals surface area contributed by atoms with Crippen molar-refractivity contribution in [1.82, 2.24) is 0 Å². The van der Waals surface area contributed by atoms with E-state index in [1.54, 1.807) is 30.3 Å². The molecule has 0 bridgehead atoms. The Bertz CT molecular complexity index is 1280. The first-order valence-corrected chi connectivity index (χ1v) is 10.5. The molecule has 4 aromatic rings. The Morgan fingerprint density at radius 1 is 0.594 bits per heavy atom. The molecule has 32 heavy (non-hydrogen) atoms. The summed E-state index contributed by atoms with van der Waals surface area (Å²) in [4.78, 5) is 0. The van der Waals surface area contributed by atoms with Crippen molar-refractivity contribution in [2.75, 3.05) is 0 Å². The molecule has 0 aliphatic heterocycles. The van der Waals surface area contributed by atoms with Crippen molar-refractivity contribution < 1.29 is 22.0 Å². The molecule has 0 spiro atoms. The van der Waals surface area contributed by atoms with Crippen LogP contribution in [0.4, 0.5) is 22.0 Å². The van der Waals surface area contributed by atoms with Gasteiger partial charge in [0.05, 0.1) is 0 Å². The fourth-order valence-corrected chi connectivity index (χ4v) is 3.93. The second kappa shape index (κ2) is 9.11. The fourth-order valence-electron chi connectivity index (χ4n) is 3.93. The monoisotopic (exact) mass is 440 g/mol. The zero-order valence-electron chi connectivity index (χ0n) is 17.5. The lowest BCUT2D eigenvalue weighted by atomic mass is 9.97. The van der Waals surface area contributed by atoms with E-state index in [1.807, 2.05) is 12.1 Å². The van der Waals surface area contributed by atoms with E-state index in [9.17, 15) is 22.0 Å². The number of halogens is 5. The van der Waals surface area contributed by atoms with Crippen molar-refractivity contribution >= 4 is 10.8 Å². The summed E-state index contributed by atoms with van der Waals surface area (Å²) in [5, 5.41) is 0.187. The molecular formula is C27H21F5. The van der Waals surface area contributed by atoms with E-state index in [0.29, 0.717) is 17.5 Å². The molecule has 0 radical (unpaired) electrons. The molecule has 0 aliphatic carbocycles. The second-order valence-corrected chi connectivity index (χ2v) is 7.89. The summed E-state index contributed by atoms with van der Waals surface area (Å²) in [6.07, 6.45) is 2.47. The van der Waals surface area contributed by atoms with Gasteiger partial charge in [-0.3, -0.25) is 0 Å². The number of fused-ring (bicyclic) bond motifs is 1. The minimum atomic E-state index is -1.51. The molecule has 0 heterocycles. The first-order valence-electron chi connectivity index (χ1n) is 10.5. The SMILES string of the molecule is CCCc1ccc(-c2ccc(CCc3ccc4c(F)c(F)c(F)cc4c3)c(F)c2F)cc1. The van der Waals surface area contributed by atoms with Gasteiger partial charge >= 0.3 is 0 Å². The van der Waals surface area contributed by atoms with Crippen LogP contribution in [-0.2, 0) is 19.3 Å². The number of benzene rings is 4. The highest BCUT2D eigenvalue weighted by Crippen LogP contribution is 2.28. The molecule has 0 aliphatic rings. The molecule has 0 aromatic heterocycles. The Morgan fingerprint density at radius 2 is 1.31 bits per heavy atom. The predicted molar refractivity (Wildman–Crippen MR) is 117 cm³/mol. The normalized spacial score (nSPS) is 11.3. The van der Waals surface area contributed by atoms with Crippen LogP contribution >= 0.6 is 0 Å². The third-order valence-electron chi connectivity index (χ3n) is 5.69. The Labute approximate surface area is 183 Å². The van der Waals surface area contributed by atoms with Gasteiger partial charge in [-0.2, -0.15) is 0 Å². The number of hydrogen-bond acceptors (Lipinski definition) is 0. The van der Waals surface area contributed by atoms with Crippen molar-refractivity contribution in [2.24, 2.45) is 0 Å². The van der Waals surface area contributed by atoms with Gasteiger partial charge in [0, 0.05) is 10.9 Å². The highest BCUT2D eigenvalue weighted by molar-refractivity contribution is 5.84. The van der Waals surface area contributed by atoms with Gasteiger partial charge in [-0.15, -0.1) is 0 Å². The second-order valence-electron chi connectivity index (χ2n) is 7.89. The average molecular weight is 440 g/mol. The number of hydrogen-bond donors (Lipinski definition) is 0. The van der Waals surface area contributed by atoms with Gasteiger partial charge in [-0.25, -0.2) is 22.0 Å². The summed E-state index contributed by atoms with van der Waals surface area (Å²) in [5.41, 5.74) is 2.85. The smallest absolute Gasteiger partial charge is 0.195 e. The fraction of sp³-hybridized carbons (Fsp3) is 0.185. The minimum Gasteiger partial charge on any atom is -0.204 e. The first-order chi connectivity index (χ1) is 15.4. The molecule has 5 heteroatoms. The molecule has 0 amide bonds. The largest absolute Gasteiger partial charge is 0.204 e. The summed E-state index contributed by atoms with van der Waals surface area (Å²) in [7, 11) is 0. The summed E-state index contributed by atoms with van der Waals surface area (Å²) < 4.78 is 70.3. The summed E-state index contributed by atoms with van der Waals surface area (Å²) in [5.74, 6) is -5.82. The zero-order valence-corrected chi connectivity index (χ0v) is 17.5. The van der Waals surface area contributed by atoms with Crippen LogP contribution in [0.5, 0.6) is 0 Å². The topological polar surface area (TPSA) is 0 Å². The van der Waals surface area contributed by atoms with E-state index >= 15 is 0 Å². The van der Waals surface area contributed by atoms with Crippen LogP contribution in [0, 0.1) is 29.1 Å². The molecule has 0 saturated carbocycles. The molecule has 0 atom stereocenters. The molecule has 0 unspecified atom stereocenters. The van der Waals surface area contributed by atoms with E-state index in [2.05, 4.69) is 6.92 Å². The average Bonchev–Trinajstić information content (AvgIpc) is 2.79. The van der Waals surface area contributed by atoms with Crippen LogP contribution in [0.3, 0.4) is 0 Å². The maximum atomic E-state index is 14.8. The standard InChI is InChI=1S/C27H21F5/c1-2-3-16-4-8-18(9-5-16)21-13-11-19(24(29)25(21)30)10-6-17-7-12-22-20(14-17)15-23(28)27(32)26(22)31/h4-5,7-9,11-15H,2-3,6,10H2,1H3. The molecule has 4 rings (SSSR count). The van der Waals surface area contributed by atoms with Crippen LogP contribution in [0.15, 0.2) is 60.7 Å². The van der Waals surface area contributed by atoms with Crippen molar-refractivity contribution in [3.05, 3.63) is 106 Å². The Morgan fingerprint density at radius 3 is 2.03 bits per heavy atom. The Balaban J connectivity index is 1.55. The third kappa shape index (κ3) is 4.24. The van der Waals surface area contributed by atoms with Gasteiger partial charge in [0.25, 0.3) is 0 Å². The molecule has 0 nitrogen and oxygen atoms in total. The maximum Gasteiger partial charge on any atom is 0.195 e. The van der Waals surface area contributed by atoms with E-state index in [-0.39, 0.29) is 28.3 Å². The van der Waals surface area contributed by atoms with E-state index in [1.165, 1.54) is 12.1 Å². The van der Waals surface area contributed by atoms with Crippen LogP contribution in [0.2, 0.25) is 0 Å². The highest BCUT2D eigenvalue weighted by atomic mass is 19.2. The highest BCUT2D eigenvalue weighted by Gasteiger charge is 2.16. The Kier molecular flexibility index (Phi) is 6.26. The zero-order chi connectivity index (χ0) is 22.8. The molecule has 0 saturated heterocycles. The van der Waals surface area contributed by atoms with Crippen molar-refractivity contribution in [1.29, 1.82) is 0 Å². The number of aryl methyl sites for hydroxylation is 3. The summed E-state index contributed by atoms with van der Waals surface area (Å²) in [6, 6.07) is 15.9. The molecule has 0 fully saturated rings. The molecule has 164 valence electrons. The minimum absolute atomic E-state index is 0.0285. The van der Waals surface area contributed by atoms with Crippen molar-refractivity contribution in [3.63, 3.8) is 0 Å². The lowest BCUT2D eigenvalue weighted by Crippen LogP contribution is -2.00. The van der Waals surface area contributed by atoms with Crippen LogP contribution < -0.4 is 0 Å². The third-order valence-corrected chi connectivity index (χ3v) is 5.69. The number of rotatable bonds is 6. The van der Waals surface area contributed by atoms with Crippen LogP contribution in [-0.4, -0.2) is 0 Å². The molecule has 4 aromatic carbocycles. The molecular weight excluding hydrogens is 419 g/mol.